The van der Waals surface area contributed by atoms with Crippen molar-refractivity contribution in [3.05, 3.63) is 54.9 Å². The van der Waals surface area contributed by atoms with Gasteiger partial charge in [-0.05, 0) is 99.7 Å². The third kappa shape index (κ3) is 5.80. The molecule has 1 fully saturated rings. The zero-order chi connectivity index (χ0) is 22.5. The second-order valence-corrected chi connectivity index (χ2v) is 9.35. The molecular weight excluding hydrogens is 599 g/mol. The van der Waals surface area contributed by atoms with Crippen molar-refractivity contribution in [3.8, 4) is 11.5 Å². The highest BCUT2D eigenvalue weighted by molar-refractivity contribution is 14.1. The molecule has 1 amide bonds. The number of rotatable bonds is 7. The zero-order valence-corrected chi connectivity index (χ0v) is 21.2. The summed E-state index contributed by atoms with van der Waals surface area (Å²) in [6.45, 7) is 1.87. The number of carbonyl (C=O) groups is 2. The maximum absolute atomic E-state index is 13.0. The SMILES string of the molecule is CCN1C(=O)/C(=C\c2cc(I)cc(Br)c2OCC(=O)O)SC1=Nc1ccc(OC)cc1. The lowest BCUT2D eigenvalue weighted by Crippen LogP contribution is -2.28. The summed E-state index contributed by atoms with van der Waals surface area (Å²) >= 11 is 6.83. The largest absolute Gasteiger partial charge is 0.497 e. The first-order valence-corrected chi connectivity index (χ1v) is 11.8. The van der Waals surface area contributed by atoms with Gasteiger partial charge in [0.25, 0.3) is 5.91 Å². The lowest BCUT2D eigenvalue weighted by atomic mass is 10.2. The molecule has 0 unspecified atom stereocenters. The molecule has 162 valence electrons. The number of amides is 1. The second-order valence-electron chi connectivity index (χ2n) is 6.24. The Balaban J connectivity index is 1.96. The van der Waals surface area contributed by atoms with E-state index in [1.807, 2.05) is 43.3 Å². The van der Waals surface area contributed by atoms with Crippen LogP contribution in [0, 0.1) is 3.57 Å². The minimum atomic E-state index is -1.08. The predicted octanol–water partition coefficient (Wildman–Crippen LogP) is 5.15. The number of likely N-dealkylation sites (N-methyl/N-ethyl adjacent to an activating group) is 1. The predicted molar refractivity (Wildman–Crippen MR) is 133 cm³/mol. The van der Waals surface area contributed by atoms with E-state index in [2.05, 4.69) is 43.5 Å². The molecule has 0 radical (unpaired) electrons. The second kappa shape index (κ2) is 10.5. The highest BCUT2D eigenvalue weighted by Gasteiger charge is 2.32. The van der Waals surface area contributed by atoms with Gasteiger partial charge in [0, 0.05) is 15.7 Å². The fourth-order valence-corrected chi connectivity index (χ4v) is 5.47. The standard InChI is InChI=1S/C21H18BrIN2O5S/c1-3-25-20(28)17(31-21(25)24-14-4-6-15(29-2)7-5-14)9-12-8-13(23)10-16(22)19(12)30-11-18(26)27/h4-10H,3,11H2,1-2H3,(H,26,27)/b17-9+,24-21?. The van der Waals surface area contributed by atoms with Crippen LogP contribution < -0.4 is 9.47 Å². The monoisotopic (exact) mass is 616 g/mol. The summed E-state index contributed by atoms with van der Waals surface area (Å²) in [5.74, 6) is -0.155. The molecule has 0 aliphatic carbocycles. The van der Waals surface area contributed by atoms with Crippen molar-refractivity contribution in [1.29, 1.82) is 0 Å². The highest BCUT2D eigenvalue weighted by atomic mass is 127. The lowest BCUT2D eigenvalue weighted by Gasteiger charge is -2.12. The minimum Gasteiger partial charge on any atom is -0.497 e. The molecule has 0 bridgehead atoms. The number of aliphatic imine (C=N–C) groups is 1. The van der Waals surface area contributed by atoms with Crippen LogP contribution in [-0.2, 0) is 9.59 Å². The summed E-state index contributed by atoms with van der Waals surface area (Å²) in [4.78, 5) is 30.6. The van der Waals surface area contributed by atoms with E-state index in [4.69, 9.17) is 14.6 Å². The highest BCUT2D eigenvalue weighted by Crippen LogP contribution is 2.38. The van der Waals surface area contributed by atoms with E-state index in [0.717, 1.165) is 9.32 Å². The number of benzene rings is 2. The Labute approximate surface area is 205 Å². The molecule has 2 aromatic rings. The molecule has 1 aliphatic heterocycles. The number of hydrogen-bond donors (Lipinski definition) is 1. The van der Waals surface area contributed by atoms with E-state index in [1.54, 1.807) is 18.1 Å². The Hall–Kier alpha value is -2.05. The van der Waals surface area contributed by atoms with Crippen LogP contribution in [0.4, 0.5) is 5.69 Å². The molecule has 1 heterocycles. The Bertz CT molecular complexity index is 1070. The van der Waals surface area contributed by atoms with Gasteiger partial charge in [0.1, 0.15) is 11.5 Å². The molecule has 3 rings (SSSR count). The molecular formula is C21H18BrIN2O5S. The molecule has 7 nitrogen and oxygen atoms in total. The average Bonchev–Trinajstić information content (AvgIpc) is 3.01. The maximum atomic E-state index is 13.0. The molecule has 1 N–H and O–H groups in total. The Kier molecular flexibility index (Phi) is 8.00. The Morgan fingerprint density at radius 3 is 2.65 bits per heavy atom. The van der Waals surface area contributed by atoms with Crippen molar-refractivity contribution in [2.75, 3.05) is 20.3 Å². The van der Waals surface area contributed by atoms with Crippen molar-refractivity contribution in [1.82, 2.24) is 4.90 Å². The van der Waals surface area contributed by atoms with E-state index in [9.17, 15) is 9.59 Å². The summed E-state index contributed by atoms with van der Waals surface area (Å²) in [6.07, 6.45) is 1.70. The van der Waals surface area contributed by atoms with Crippen molar-refractivity contribution in [3.63, 3.8) is 0 Å². The summed E-state index contributed by atoms with van der Waals surface area (Å²) in [6, 6.07) is 10.9. The van der Waals surface area contributed by atoms with Crippen LogP contribution in [0.1, 0.15) is 12.5 Å². The first kappa shape index (κ1) is 23.6. The summed E-state index contributed by atoms with van der Waals surface area (Å²) < 4.78 is 12.1. The fraction of sp³-hybridized carbons (Fsp3) is 0.190. The molecule has 2 aromatic carbocycles. The van der Waals surface area contributed by atoms with Gasteiger partial charge in [-0.1, -0.05) is 0 Å². The Morgan fingerprint density at radius 2 is 2.03 bits per heavy atom. The summed E-state index contributed by atoms with van der Waals surface area (Å²) in [5, 5.41) is 9.54. The topological polar surface area (TPSA) is 88.4 Å². The van der Waals surface area contributed by atoms with Crippen molar-refractivity contribution >= 4 is 79.1 Å². The number of ether oxygens (including phenoxy) is 2. The smallest absolute Gasteiger partial charge is 0.341 e. The van der Waals surface area contributed by atoms with E-state index < -0.39 is 12.6 Å². The molecule has 10 heteroatoms. The van der Waals surface area contributed by atoms with Gasteiger partial charge in [-0.3, -0.25) is 9.69 Å². The Morgan fingerprint density at radius 1 is 1.32 bits per heavy atom. The van der Waals surface area contributed by atoms with Gasteiger partial charge in [-0.2, -0.15) is 0 Å². The maximum Gasteiger partial charge on any atom is 0.341 e. The average molecular weight is 617 g/mol. The molecule has 31 heavy (non-hydrogen) atoms. The quantitative estimate of drug-likeness (QED) is 0.342. The minimum absolute atomic E-state index is 0.168. The molecule has 1 saturated heterocycles. The molecule has 0 atom stereocenters. The number of carboxylic acids is 1. The number of amidine groups is 1. The molecule has 1 aliphatic rings. The van der Waals surface area contributed by atoms with Gasteiger partial charge < -0.3 is 14.6 Å². The third-order valence-corrected chi connectivity index (χ3v) is 6.38. The number of thioether (sulfide) groups is 1. The number of aliphatic carboxylic acids is 1. The van der Waals surface area contributed by atoms with Gasteiger partial charge >= 0.3 is 5.97 Å². The van der Waals surface area contributed by atoms with Crippen molar-refractivity contribution in [2.24, 2.45) is 4.99 Å². The van der Waals surface area contributed by atoms with Gasteiger partial charge in [-0.15, -0.1) is 0 Å². The summed E-state index contributed by atoms with van der Waals surface area (Å²) in [5.41, 5.74) is 1.32. The van der Waals surface area contributed by atoms with E-state index >= 15 is 0 Å². The molecule has 0 saturated carbocycles. The fourth-order valence-electron chi connectivity index (χ4n) is 2.75. The van der Waals surface area contributed by atoms with Crippen LogP contribution in [0.5, 0.6) is 11.5 Å². The van der Waals surface area contributed by atoms with Crippen LogP contribution in [0.3, 0.4) is 0 Å². The van der Waals surface area contributed by atoms with Gasteiger partial charge in [0.15, 0.2) is 11.8 Å². The lowest BCUT2D eigenvalue weighted by molar-refractivity contribution is -0.139. The van der Waals surface area contributed by atoms with Crippen LogP contribution in [0.25, 0.3) is 6.08 Å². The first-order chi connectivity index (χ1) is 14.8. The van der Waals surface area contributed by atoms with Crippen LogP contribution in [-0.4, -0.2) is 47.3 Å². The first-order valence-electron chi connectivity index (χ1n) is 9.10. The van der Waals surface area contributed by atoms with Crippen molar-refractivity contribution in [2.45, 2.75) is 6.92 Å². The number of hydrogen-bond acceptors (Lipinski definition) is 6. The number of nitrogens with zero attached hydrogens (tertiary/aromatic N) is 2. The van der Waals surface area contributed by atoms with E-state index in [-0.39, 0.29) is 5.91 Å². The summed E-state index contributed by atoms with van der Waals surface area (Å²) in [7, 11) is 1.60. The number of carbonyl (C=O) groups excluding carboxylic acids is 1. The number of methoxy groups -OCH3 is 1. The third-order valence-electron chi connectivity index (χ3n) is 4.17. The van der Waals surface area contributed by atoms with Crippen molar-refractivity contribution < 1.29 is 24.2 Å². The van der Waals surface area contributed by atoms with Gasteiger partial charge in [-0.25, -0.2) is 9.79 Å². The zero-order valence-electron chi connectivity index (χ0n) is 16.6. The van der Waals surface area contributed by atoms with Gasteiger partial charge in [0.05, 0.1) is 22.2 Å². The van der Waals surface area contributed by atoms with Crippen LogP contribution >= 0.6 is 50.3 Å². The normalized spacial score (nSPS) is 16.3. The van der Waals surface area contributed by atoms with E-state index in [0.29, 0.717) is 38.1 Å². The van der Waals surface area contributed by atoms with Gasteiger partial charge in [0.2, 0.25) is 0 Å². The number of halogens is 2. The molecule has 0 spiro atoms. The number of carboxylic acid groups (broad SMARTS) is 1. The van der Waals surface area contributed by atoms with Crippen LogP contribution in [0.15, 0.2) is 50.8 Å². The van der Waals surface area contributed by atoms with Crippen LogP contribution in [0.2, 0.25) is 0 Å². The van der Waals surface area contributed by atoms with E-state index in [1.165, 1.54) is 11.8 Å². The molecule has 0 aromatic heterocycles.